The lowest BCUT2D eigenvalue weighted by molar-refractivity contribution is 0.374. The van der Waals surface area contributed by atoms with E-state index in [1.165, 1.54) is 50.0 Å². The first-order chi connectivity index (χ1) is 8.74. The summed E-state index contributed by atoms with van der Waals surface area (Å²) in [4.78, 5) is 0. The zero-order chi connectivity index (χ0) is 12.8. The van der Waals surface area contributed by atoms with Crippen molar-refractivity contribution in [3.8, 4) is 0 Å². The second-order valence-electron chi connectivity index (χ2n) is 6.20. The topological polar surface area (TPSA) is 12.0 Å². The largest absolute Gasteiger partial charge is 0.312 e. The molecular formula is C14H28NPS2. The van der Waals surface area contributed by atoms with Crippen molar-refractivity contribution in [2.75, 3.05) is 11.5 Å². The summed E-state index contributed by atoms with van der Waals surface area (Å²) >= 11 is 4.41. The molecule has 1 N–H and O–H groups in total. The van der Waals surface area contributed by atoms with E-state index in [2.05, 4.69) is 41.9 Å². The first-order valence-electron chi connectivity index (χ1n) is 7.48. The molecule has 1 saturated carbocycles. The molecule has 0 radical (unpaired) electrons. The van der Waals surface area contributed by atoms with Gasteiger partial charge in [-0.3, -0.25) is 0 Å². The van der Waals surface area contributed by atoms with Crippen LogP contribution in [0.5, 0.6) is 0 Å². The molecule has 0 spiro atoms. The van der Waals surface area contributed by atoms with Crippen LogP contribution in [0.3, 0.4) is 0 Å². The number of rotatable bonds is 2. The lowest BCUT2D eigenvalue weighted by Crippen LogP contribution is -2.35. The minimum Gasteiger partial charge on any atom is -0.312 e. The fraction of sp³-hybridized carbons (Fsp3) is 1.00. The van der Waals surface area contributed by atoms with Crippen molar-refractivity contribution in [3.63, 3.8) is 0 Å². The highest BCUT2D eigenvalue weighted by molar-refractivity contribution is 8.82. The van der Waals surface area contributed by atoms with Crippen molar-refractivity contribution in [2.45, 2.75) is 64.5 Å². The van der Waals surface area contributed by atoms with Crippen molar-refractivity contribution in [3.05, 3.63) is 0 Å². The minimum atomic E-state index is 0.645. The fourth-order valence-electron chi connectivity index (χ4n) is 3.23. The lowest BCUT2D eigenvalue weighted by Gasteiger charge is -2.25. The van der Waals surface area contributed by atoms with Crippen LogP contribution in [0.4, 0.5) is 0 Å². The average Bonchev–Trinajstić information content (AvgIpc) is 2.37. The Morgan fingerprint density at radius 1 is 1.00 bits per heavy atom. The number of hydrogen-bond donors (Lipinski definition) is 1. The fourth-order valence-corrected chi connectivity index (χ4v) is 8.57. The van der Waals surface area contributed by atoms with Crippen LogP contribution >= 0.6 is 29.7 Å². The smallest absolute Gasteiger partial charge is 0.00695 e. The van der Waals surface area contributed by atoms with Crippen LogP contribution in [0.25, 0.3) is 0 Å². The molecule has 3 unspecified atom stereocenters. The van der Waals surface area contributed by atoms with Gasteiger partial charge in [-0.15, -0.1) is 22.8 Å². The minimum absolute atomic E-state index is 0.645. The molecule has 2 fully saturated rings. The van der Waals surface area contributed by atoms with Gasteiger partial charge in [-0.2, -0.15) is 0 Å². The molecule has 0 aromatic carbocycles. The third-order valence-corrected chi connectivity index (χ3v) is 9.42. The van der Waals surface area contributed by atoms with Gasteiger partial charge in [0.25, 0.3) is 0 Å². The Kier molecular flexibility index (Phi) is 7.22. The van der Waals surface area contributed by atoms with Crippen LogP contribution in [0, 0.1) is 11.8 Å². The molecule has 1 aliphatic heterocycles. The number of nitrogens with one attached hydrogen (secondary N) is 1. The standard InChI is InChI=1S/C14H28NPS2/c1-11(2)15-14-5-3-4-12-8-13(6-7-14)10-18-16-17-9-12/h11-16H,3-10H2,1-2H3/t12-,13?,14?/m0/s1. The van der Waals surface area contributed by atoms with Crippen LogP contribution in [0.2, 0.25) is 0 Å². The highest BCUT2D eigenvalue weighted by Gasteiger charge is 2.23. The third-order valence-electron chi connectivity index (χ3n) is 4.08. The van der Waals surface area contributed by atoms with Crippen molar-refractivity contribution >= 4 is 29.7 Å². The summed E-state index contributed by atoms with van der Waals surface area (Å²) in [6.07, 6.45) is 8.71. The Hall–Kier alpha value is 1.09. The van der Waals surface area contributed by atoms with Crippen LogP contribution in [0.15, 0.2) is 0 Å². The Labute approximate surface area is 123 Å². The van der Waals surface area contributed by atoms with E-state index >= 15 is 0 Å². The van der Waals surface area contributed by atoms with E-state index in [0.717, 1.165) is 24.9 Å². The normalized spacial score (nSPS) is 36.5. The maximum Gasteiger partial charge on any atom is 0.00695 e. The van der Waals surface area contributed by atoms with Crippen molar-refractivity contribution < 1.29 is 0 Å². The Bertz CT molecular complexity index is 238. The van der Waals surface area contributed by atoms with Gasteiger partial charge in [0, 0.05) is 23.6 Å². The summed E-state index contributed by atoms with van der Waals surface area (Å²) < 4.78 is 0. The summed E-state index contributed by atoms with van der Waals surface area (Å²) in [6, 6.07) is 1.43. The Morgan fingerprint density at radius 3 is 2.44 bits per heavy atom. The molecule has 4 heteroatoms. The van der Waals surface area contributed by atoms with E-state index in [9.17, 15) is 0 Å². The molecule has 2 rings (SSSR count). The average molecular weight is 305 g/mol. The first-order valence-corrected chi connectivity index (χ1v) is 11.9. The van der Waals surface area contributed by atoms with Gasteiger partial charge in [0.15, 0.2) is 0 Å². The van der Waals surface area contributed by atoms with Gasteiger partial charge >= 0.3 is 0 Å². The molecule has 1 nitrogen and oxygen atoms in total. The molecule has 2 aliphatic rings. The van der Waals surface area contributed by atoms with Crippen LogP contribution in [0.1, 0.15) is 52.4 Å². The van der Waals surface area contributed by atoms with E-state index < -0.39 is 0 Å². The maximum atomic E-state index is 3.78. The van der Waals surface area contributed by atoms with Gasteiger partial charge < -0.3 is 5.32 Å². The quantitative estimate of drug-likeness (QED) is 0.727. The first kappa shape index (κ1) is 15.5. The van der Waals surface area contributed by atoms with E-state index in [1.54, 1.807) is 0 Å². The van der Waals surface area contributed by atoms with Crippen LogP contribution in [-0.2, 0) is 0 Å². The van der Waals surface area contributed by atoms with Crippen LogP contribution in [-0.4, -0.2) is 23.6 Å². The van der Waals surface area contributed by atoms with Crippen LogP contribution < -0.4 is 5.32 Å². The third kappa shape index (κ3) is 5.61. The number of hydrogen-bond acceptors (Lipinski definition) is 3. The highest BCUT2D eigenvalue weighted by Crippen LogP contribution is 2.48. The summed E-state index contributed by atoms with van der Waals surface area (Å²) in [5, 5.41) is 3.78. The molecule has 0 amide bonds. The predicted molar refractivity (Wildman–Crippen MR) is 90.0 cm³/mol. The van der Waals surface area contributed by atoms with Gasteiger partial charge in [-0.25, -0.2) is 0 Å². The van der Waals surface area contributed by atoms with Crippen molar-refractivity contribution in [2.24, 2.45) is 11.8 Å². The molecule has 4 atom stereocenters. The second kappa shape index (κ2) is 8.39. The zero-order valence-corrected chi connectivity index (χ0v) is 14.4. The van der Waals surface area contributed by atoms with Gasteiger partial charge in [0.05, 0.1) is 0 Å². The van der Waals surface area contributed by atoms with Gasteiger partial charge in [-0.1, -0.05) is 20.3 Å². The summed E-state index contributed by atoms with van der Waals surface area (Å²) in [5.74, 6) is 4.88. The highest BCUT2D eigenvalue weighted by atomic mass is 33.1. The molecule has 18 heavy (non-hydrogen) atoms. The lowest BCUT2D eigenvalue weighted by atomic mass is 9.92. The van der Waals surface area contributed by atoms with Gasteiger partial charge in [0.1, 0.15) is 0 Å². The molecule has 106 valence electrons. The van der Waals surface area contributed by atoms with Gasteiger partial charge in [0.2, 0.25) is 0 Å². The molecule has 0 aromatic rings. The summed E-state index contributed by atoms with van der Waals surface area (Å²) in [7, 11) is 0. The van der Waals surface area contributed by atoms with E-state index in [0.29, 0.717) is 6.04 Å². The van der Waals surface area contributed by atoms with Crippen molar-refractivity contribution in [1.82, 2.24) is 5.32 Å². The SMILES string of the molecule is CC(C)NC1CCC[C@@H]2CSPSCC(CC1)C2. The number of fused-ring (bicyclic) bond motifs is 2. The molecule has 1 heterocycles. The predicted octanol–water partition coefficient (Wildman–Crippen LogP) is 4.93. The Morgan fingerprint density at radius 2 is 1.72 bits per heavy atom. The molecule has 0 aromatic heterocycles. The van der Waals surface area contributed by atoms with Crippen molar-refractivity contribution in [1.29, 1.82) is 0 Å². The van der Waals surface area contributed by atoms with E-state index in [4.69, 9.17) is 0 Å². The van der Waals surface area contributed by atoms with Gasteiger partial charge in [-0.05, 0) is 50.9 Å². The Balaban J connectivity index is 1.89. The summed E-state index contributed by atoms with van der Waals surface area (Å²) in [6.45, 7) is 5.67. The molecule has 1 aliphatic carbocycles. The van der Waals surface area contributed by atoms with E-state index in [-0.39, 0.29) is 0 Å². The zero-order valence-electron chi connectivity index (χ0n) is 11.8. The summed E-state index contributed by atoms with van der Waals surface area (Å²) in [5.41, 5.74) is 0. The maximum absolute atomic E-state index is 3.78. The monoisotopic (exact) mass is 305 g/mol. The molecule has 1 saturated heterocycles. The molecule has 2 bridgehead atoms. The van der Waals surface area contributed by atoms with E-state index in [1.807, 2.05) is 0 Å². The second-order valence-corrected chi connectivity index (χ2v) is 11.3. The molecular weight excluding hydrogens is 277 g/mol.